The van der Waals surface area contributed by atoms with Crippen LogP contribution in [0.1, 0.15) is 23.0 Å². The van der Waals surface area contributed by atoms with Crippen molar-refractivity contribution >= 4 is 39.1 Å². The van der Waals surface area contributed by atoms with Crippen molar-refractivity contribution in [2.75, 3.05) is 27.4 Å². The number of allylic oxidation sites excluding steroid dienone is 1. The average Bonchev–Trinajstić information content (AvgIpc) is 3.36. The van der Waals surface area contributed by atoms with Gasteiger partial charge >= 0.3 is 5.97 Å². The summed E-state index contributed by atoms with van der Waals surface area (Å²) < 4.78 is 24.7. The average molecular weight is 480 g/mol. The van der Waals surface area contributed by atoms with Crippen molar-refractivity contribution in [1.82, 2.24) is 9.88 Å². The molecule has 0 saturated carbocycles. The highest BCUT2D eigenvalue weighted by Gasteiger charge is 2.42. The van der Waals surface area contributed by atoms with E-state index in [1.165, 1.54) is 30.6 Å². The summed E-state index contributed by atoms with van der Waals surface area (Å²) >= 11 is 4.92. The van der Waals surface area contributed by atoms with Gasteiger partial charge in [0.1, 0.15) is 11.9 Å². The van der Waals surface area contributed by atoms with Crippen LogP contribution in [-0.4, -0.2) is 49.1 Å². The van der Waals surface area contributed by atoms with Crippen molar-refractivity contribution in [3.05, 3.63) is 61.9 Å². The Balaban J connectivity index is 1.90. The molecule has 2 aromatic rings. The number of thiazole rings is 1. The van der Waals surface area contributed by atoms with Crippen LogP contribution < -0.4 is 0 Å². The molecule has 1 aromatic carbocycles. The first-order valence-corrected chi connectivity index (χ1v) is 10.7. The van der Waals surface area contributed by atoms with Crippen LogP contribution >= 0.6 is 27.3 Å². The fourth-order valence-electron chi connectivity index (χ4n) is 3.84. The van der Waals surface area contributed by atoms with Crippen molar-refractivity contribution in [3.8, 4) is 0 Å². The summed E-state index contributed by atoms with van der Waals surface area (Å²) in [5.74, 6) is 0.124. The third-order valence-electron chi connectivity index (χ3n) is 5.03. The largest absolute Gasteiger partial charge is 0.466 e. The molecule has 0 bridgehead atoms. The minimum Gasteiger partial charge on any atom is -0.466 e. The lowest BCUT2D eigenvalue weighted by atomic mass is 9.94. The van der Waals surface area contributed by atoms with Crippen LogP contribution in [0.15, 0.2) is 50.5 Å². The Morgan fingerprint density at radius 2 is 2.24 bits per heavy atom. The predicted octanol–water partition coefficient (Wildman–Crippen LogP) is 3.94. The van der Waals surface area contributed by atoms with Gasteiger partial charge in [0.05, 0.1) is 19.3 Å². The number of carbonyl (C=O) groups excluding carboxylic acids is 1. The lowest BCUT2D eigenvalue weighted by Crippen LogP contribution is -2.35. The molecular formula is C20H19BrFN3O3S. The second kappa shape index (κ2) is 8.33. The van der Waals surface area contributed by atoms with Gasteiger partial charge in [0.25, 0.3) is 0 Å². The van der Waals surface area contributed by atoms with Gasteiger partial charge in [-0.05, 0) is 24.1 Å². The molecule has 1 fully saturated rings. The molecule has 2 aliphatic heterocycles. The highest BCUT2D eigenvalue weighted by molar-refractivity contribution is 9.10. The number of amidine groups is 1. The second-order valence-electron chi connectivity index (χ2n) is 6.85. The number of benzene rings is 1. The van der Waals surface area contributed by atoms with Gasteiger partial charge in [-0.15, -0.1) is 11.3 Å². The molecule has 6 nitrogen and oxygen atoms in total. The Bertz CT molecular complexity index is 993. The summed E-state index contributed by atoms with van der Waals surface area (Å²) in [7, 11) is 3.03. The van der Waals surface area contributed by atoms with Crippen LogP contribution in [0.5, 0.6) is 0 Å². The summed E-state index contributed by atoms with van der Waals surface area (Å²) in [6, 6.07) is 3.77. The van der Waals surface area contributed by atoms with Crippen molar-refractivity contribution in [1.29, 1.82) is 0 Å². The summed E-state index contributed by atoms with van der Waals surface area (Å²) in [6.45, 7) is 1.25. The molecule has 4 rings (SSSR count). The molecule has 2 atom stereocenters. The van der Waals surface area contributed by atoms with Gasteiger partial charge in [0.2, 0.25) is 0 Å². The molecule has 1 aromatic heterocycles. The Kier molecular flexibility index (Phi) is 5.80. The van der Waals surface area contributed by atoms with Crippen LogP contribution in [0.2, 0.25) is 0 Å². The van der Waals surface area contributed by atoms with E-state index in [2.05, 4.69) is 20.9 Å². The van der Waals surface area contributed by atoms with Crippen LogP contribution in [0.4, 0.5) is 4.39 Å². The minimum atomic E-state index is -0.621. The van der Waals surface area contributed by atoms with E-state index in [4.69, 9.17) is 14.5 Å². The Hall–Kier alpha value is -2.10. The maximum absolute atomic E-state index is 13.7. The monoisotopic (exact) mass is 479 g/mol. The number of esters is 1. The fraction of sp³-hybridized carbons (Fsp3) is 0.350. The molecule has 0 spiro atoms. The maximum atomic E-state index is 13.7. The molecule has 0 N–H and O–H groups in total. The smallest absolute Gasteiger partial charge is 0.338 e. The highest BCUT2D eigenvalue weighted by atomic mass is 79.9. The molecule has 29 heavy (non-hydrogen) atoms. The molecule has 9 heteroatoms. The topological polar surface area (TPSA) is 64.0 Å². The molecule has 0 radical (unpaired) electrons. The molecule has 1 saturated heterocycles. The summed E-state index contributed by atoms with van der Waals surface area (Å²) in [4.78, 5) is 24.2. The number of carbonyl (C=O) groups is 1. The highest BCUT2D eigenvalue weighted by Crippen LogP contribution is 2.43. The van der Waals surface area contributed by atoms with Gasteiger partial charge in [-0.2, -0.15) is 0 Å². The lowest BCUT2D eigenvalue weighted by molar-refractivity contribution is -0.136. The van der Waals surface area contributed by atoms with E-state index in [9.17, 15) is 9.18 Å². The van der Waals surface area contributed by atoms with E-state index >= 15 is 0 Å². The standard InChI is InChI=1S/C20H19BrFN3O3S/c1-27-10-11-7-15-16(20(26)28-2)17(13-4-3-12(22)8-14(13)21)24-18(25(15)9-11)19-23-5-6-29-19/h3-6,8,11,17H,7,9-10H2,1-2H3. The van der Waals surface area contributed by atoms with E-state index in [-0.39, 0.29) is 11.7 Å². The number of aliphatic imine (C=N–C) groups is 1. The van der Waals surface area contributed by atoms with Crippen LogP contribution in [0, 0.1) is 11.7 Å². The Labute approximate surface area is 180 Å². The molecule has 0 amide bonds. The Morgan fingerprint density at radius 3 is 2.90 bits per heavy atom. The first-order valence-electron chi connectivity index (χ1n) is 9.04. The van der Waals surface area contributed by atoms with E-state index in [1.807, 2.05) is 10.3 Å². The van der Waals surface area contributed by atoms with Gasteiger partial charge in [-0.25, -0.2) is 14.2 Å². The zero-order chi connectivity index (χ0) is 20.5. The lowest BCUT2D eigenvalue weighted by Gasteiger charge is -2.31. The summed E-state index contributed by atoms with van der Waals surface area (Å²) in [5.41, 5.74) is 2.03. The third kappa shape index (κ3) is 3.74. The molecular weight excluding hydrogens is 461 g/mol. The van der Waals surface area contributed by atoms with E-state index in [0.717, 1.165) is 10.7 Å². The van der Waals surface area contributed by atoms with Gasteiger partial charge in [-0.3, -0.25) is 4.99 Å². The summed E-state index contributed by atoms with van der Waals surface area (Å²) in [5, 5.41) is 2.66. The number of halogens is 2. The Morgan fingerprint density at radius 1 is 1.41 bits per heavy atom. The van der Waals surface area contributed by atoms with Crippen LogP contribution in [0.25, 0.3) is 0 Å². The zero-order valence-electron chi connectivity index (χ0n) is 15.9. The van der Waals surface area contributed by atoms with Crippen molar-refractivity contribution < 1.29 is 18.7 Å². The number of nitrogens with zero attached hydrogens (tertiary/aromatic N) is 3. The van der Waals surface area contributed by atoms with Gasteiger partial charge in [0, 0.05) is 41.3 Å². The molecule has 0 aliphatic carbocycles. The number of rotatable bonds is 5. The van der Waals surface area contributed by atoms with Crippen LogP contribution in [0.3, 0.4) is 0 Å². The first-order chi connectivity index (χ1) is 14.0. The van der Waals surface area contributed by atoms with Crippen LogP contribution in [-0.2, 0) is 14.3 Å². The van der Waals surface area contributed by atoms with Crippen molar-refractivity contribution in [3.63, 3.8) is 0 Å². The number of ether oxygens (including phenoxy) is 2. The first kappa shape index (κ1) is 20.2. The zero-order valence-corrected chi connectivity index (χ0v) is 18.3. The van der Waals surface area contributed by atoms with Crippen molar-refractivity contribution in [2.45, 2.75) is 12.5 Å². The second-order valence-corrected chi connectivity index (χ2v) is 8.60. The number of fused-ring (bicyclic) bond motifs is 1. The molecule has 2 aliphatic rings. The van der Waals surface area contributed by atoms with Gasteiger partial charge in [0.15, 0.2) is 10.8 Å². The molecule has 2 unspecified atom stereocenters. The number of methoxy groups -OCH3 is 2. The summed E-state index contributed by atoms with van der Waals surface area (Å²) in [6.07, 6.45) is 2.39. The minimum absolute atomic E-state index is 0.218. The predicted molar refractivity (Wildman–Crippen MR) is 111 cm³/mol. The van der Waals surface area contributed by atoms with E-state index < -0.39 is 12.0 Å². The quantitative estimate of drug-likeness (QED) is 0.607. The number of hydrogen-bond donors (Lipinski definition) is 0. The van der Waals surface area contributed by atoms with Crippen molar-refractivity contribution in [2.24, 2.45) is 10.9 Å². The van der Waals surface area contributed by atoms with E-state index in [1.54, 1.807) is 19.4 Å². The molecule has 3 heterocycles. The maximum Gasteiger partial charge on any atom is 0.338 e. The van der Waals surface area contributed by atoms with E-state index in [0.29, 0.717) is 41.0 Å². The molecule has 152 valence electrons. The third-order valence-corrected chi connectivity index (χ3v) is 6.48. The number of hydrogen-bond acceptors (Lipinski definition) is 7. The van der Waals surface area contributed by atoms with Gasteiger partial charge in [-0.1, -0.05) is 22.0 Å². The van der Waals surface area contributed by atoms with Gasteiger partial charge < -0.3 is 14.4 Å². The normalized spacial score (nSPS) is 21.2. The SMILES string of the molecule is COCC1CC2=C(C(=O)OC)C(c3ccc(F)cc3Br)N=C(c3nccs3)N2C1. The fourth-order valence-corrected chi connectivity index (χ4v) is 5.05. The number of aromatic nitrogens is 1.